The molecule has 0 aromatic heterocycles. The summed E-state index contributed by atoms with van der Waals surface area (Å²) < 4.78 is 0. The van der Waals surface area contributed by atoms with Crippen molar-refractivity contribution in [2.75, 3.05) is 19.6 Å². The van der Waals surface area contributed by atoms with Crippen LogP contribution in [0.3, 0.4) is 0 Å². The van der Waals surface area contributed by atoms with E-state index in [1.54, 1.807) is 0 Å². The number of nitrogens with one attached hydrogen (secondary N) is 1. The van der Waals surface area contributed by atoms with Crippen LogP contribution in [0.1, 0.15) is 59.8 Å². The van der Waals surface area contributed by atoms with Gasteiger partial charge in [-0.3, -0.25) is 15.0 Å². The Bertz CT molecular complexity index is 339. The number of likely N-dealkylation sites (tertiary alicyclic amines) is 1. The summed E-state index contributed by atoms with van der Waals surface area (Å²) in [7, 11) is 0. The van der Waals surface area contributed by atoms with Crippen molar-refractivity contribution >= 4 is 5.91 Å². The van der Waals surface area contributed by atoms with Crippen LogP contribution in [-0.4, -0.2) is 53.6 Å². The maximum Gasteiger partial charge on any atom is 0.241 e. The van der Waals surface area contributed by atoms with Gasteiger partial charge in [-0.2, -0.15) is 0 Å². The van der Waals surface area contributed by atoms with Crippen molar-refractivity contribution in [3.63, 3.8) is 0 Å². The third kappa shape index (κ3) is 4.19. The number of amides is 1. The van der Waals surface area contributed by atoms with E-state index in [9.17, 15) is 4.79 Å². The highest BCUT2D eigenvalue weighted by Crippen LogP contribution is 2.21. The maximum absolute atomic E-state index is 12.6. The van der Waals surface area contributed by atoms with E-state index in [4.69, 9.17) is 0 Å². The molecule has 0 saturated carbocycles. The highest BCUT2D eigenvalue weighted by Gasteiger charge is 2.38. The molecule has 2 fully saturated rings. The molecule has 0 aromatic carbocycles. The third-order valence-corrected chi connectivity index (χ3v) is 4.93. The summed E-state index contributed by atoms with van der Waals surface area (Å²) in [6.07, 6.45) is 6.15. The predicted octanol–water partition coefficient (Wildman–Crippen LogP) is 2.44. The van der Waals surface area contributed by atoms with Crippen LogP contribution in [0.2, 0.25) is 0 Å². The Morgan fingerprint density at radius 1 is 1.19 bits per heavy atom. The molecule has 2 rings (SSSR count). The third-order valence-electron chi connectivity index (χ3n) is 4.93. The van der Waals surface area contributed by atoms with Crippen LogP contribution < -0.4 is 5.32 Å². The fourth-order valence-electron chi connectivity index (χ4n) is 3.66. The number of piperidine rings is 1. The minimum atomic E-state index is 0.0299. The first-order chi connectivity index (χ1) is 10.0. The van der Waals surface area contributed by atoms with Crippen LogP contribution in [0.4, 0.5) is 0 Å². The first-order valence-electron chi connectivity index (χ1n) is 8.83. The molecular formula is C17H33N3O. The number of rotatable bonds is 6. The number of carbonyl (C=O) groups excluding carboxylic acids is 1. The van der Waals surface area contributed by atoms with E-state index in [-0.39, 0.29) is 12.2 Å². The van der Waals surface area contributed by atoms with E-state index in [0.29, 0.717) is 17.9 Å². The van der Waals surface area contributed by atoms with E-state index < -0.39 is 0 Å². The molecule has 3 atom stereocenters. The molecule has 3 unspecified atom stereocenters. The molecular weight excluding hydrogens is 262 g/mol. The Morgan fingerprint density at radius 2 is 1.86 bits per heavy atom. The van der Waals surface area contributed by atoms with Gasteiger partial charge in [0.25, 0.3) is 0 Å². The molecule has 0 bridgehead atoms. The molecule has 2 saturated heterocycles. The van der Waals surface area contributed by atoms with Gasteiger partial charge in [0.05, 0.1) is 12.2 Å². The van der Waals surface area contributed by atoms with Gasteiger partial charge in [0.15, 0.2) is 0 Å². The lowest BCUT2D eigenvalue weighted by Gasteiger charge is -2.36. The summed E-state index contributed by atoms with van der Waals surface area (Å²) in [5.41, 5.74) is 0. The second-order valence-electron chi connectivity index (χ2n) is 7.21. The normalized spacial score (nSPS) is 29.4. The van der Waals surface area contributed by atoms with Gasteiger partial charge in [-0.15, -0.1) is 0 Å². The van der Waals surface area contributed by atoms with Crippen LogP contribution >= 0.6 is 0 Å². The maximum atomic E-state index is 12.6. The molecule has 4 nitrogen and oxygen atoms in total. The summed E-state index contributed by atoms with van der Waals surface area (Å²) in [6.45, 7) is 12.1. The van der Waals surface area contributed by atoms with Gasteiger partial charge in [-0.05, 0) is 51.6 Å². The van der Waals surface area contributed by atoms with Crippen molar-refractivity contribution in [1.82, 2.24) is 15.1 Å². The van der Waals surface area contributed by atoms with Crippen LogP contribution in [-0.2, 0) is 4.79 Å². The summed E-state index contributed by atoms with van der Waals surface area (Å²) in [4.78, 5) is 17.3. The molecule has 21 heavy (non-hydrogen) atoms. The van der Waals surface area contributed by atoms with Gasteiger partial charge in [0.1, 0.15) is 0 Å². The van der Waals surface area contributed by atoms with E-state index in [2.05, 4.69) is 42.8 Å². The highest BCUT2D eigenvalue weighted by molar-refractivity contribution is 5.84. The monoisotopic (exact) mass is 295 g/mol. The Morgan fingerprint density at radius 3 is 2.43 bits per heavy atom. The largest absolute Gasteiger partial charge is 0.324 e. The van der Waals surface area contributed by atoms with Crippen LogP contribution in [0.25, 0.3) is 0 Å². The summed E-state index contributed by atoms with van der Waals surface area (Å²) in [6, 6.07) is 0.503. The van der Waals surface area contributed by atoms with Gasteiger partial charge in [0.2, 0.25) is 5.91 Å². The number of hydrogen-bond donors (Lipinski definition) is 1. The Kier molecular flexibility index (Phi) is 6.06. The van der Waals surface area contributed by atoms with E-state index >= 15 is 0 Å². The Hall–Kier alpha value is -0.610. The molecule has 0 aromatic rings. The van der Waals surface area contributed by atoms with Crippen LogP contribution in [0.5, 0.6) is 0 Å². The quantitative estimate of drug-likeness (QED) is 0.817. The first-order valence-corrected chi connectivity index (χ1v) is 8.83. The summed E-state index contributed by atoms with van der Waals surface area (Å²) in [5.74, 6) is 0.922. The SMILES string of the molecule is CCC1NC(CC(C)C)N(CC(C)N2CCCCC2)C1=O. The molecule has 1 amide bonds. The van der Waals surface area contributed by atoms with Crippen molar-refractivity contribution in [3.05, 3.63) is 0 Å². The molecule has 0 spiro atoms. The zero-order valence-electron chi connectivity index (χ0n) is 14.3. The van der Waals surface area contributed by atoms with Gasteiger partial charge in [-0.25, -0.2) is 0 Å². The zero-order chi connectivity index (χ0) is 15.4. The van der Waals surface area contributed by atoms with Crippen molar-refractivity contribution in [1.29, 1.82) is 0 Å². The fourth-order valence-corrected chi connectivity index (χ4v) is 3.66. The lowest BCUT2D eigenvalue weighted by Crippen LogP contribution is -2.48. The average molecular weight is 295 g/mol. The summed E-state index contributed by atoms with van der Waals surface area (Å²) in [5, 5.41) is 3.54. The molecule has 4 heteroatoms. The molecule has 1 N–H and O–H groups in total. The van der Waals surface area contributed by atoms with Crippen LogP contribution in [0, 0.1) is 5.92 Å². The first kappa shape index (κ1) is 16.8. The lowest BCUT2D eigenvalue weighted by atomic mass is 10.1. The summed E-state index contributed by atoms with van der Waals surface area (Å²) >= 11 is 0. The predicted molar refractivity (Wildman–Crippen MR) is 87.1 cm³/mol. The molecule has 2 aliphatic heterocycles. The Balaban J connectivity index is 1.98. The van der Waals surface area contributed by atoms with Crippen molar-refractivity contribution in [3.8, 4) is 0 Å². The van der Waals surface area contributed by atoms with Crippen molar-refractivity contribution < 1.29 is 4.79 Å². The molecule has 0 radical (unpaired) electrons. The fraction of sp³-hybridized carbons (Fsp3) is 0.941. The van der Waals surface area contributed by atoms with E-state index in [1.165, 1.54) is 32.4 Å². The number of hydrogen-bond acceptors (Lipinski definition) is 3. The van der Waals surface area contributed by atoms with E-state index in [0.717, 1.165) is 19.4 Å². The van der Waals surface area contributed by atoms with Gasteiger partial charge < -0.3 is 4.90 Å². The second kappa shape index (κ2) is 7.59. The van der Waals surface area contributed by atoms with Gasteiger partial charge in [0, 0.05) is 12.6 Å². The molecule has 122 valence electrons. The van der Waals surface area contributed by atoms with Gasteiger partial charge >= 0.3 is 0 Å². The minimum absolute atomic E-state index is 0.0299. The number of nitrogens with zero attached hydrogens (tertiary/aromatic N) is 2. The molecule has 2 aliphatic rings. The van der Waals surface area contributed by atoms with Crippen molar-refractivity contribution in [2.45, 2.75) is 78.0 Å². The minimum Gasteiger partial charge on any atom is -0.324 e. The smallest absolute Gasteiger partial charge is 0.241 e. The van der Waals surface area contributed by atoms with Crippen LogP contribution in [0.15, 0.2) is 0 Å². The molecule has 2 heterocycles. The van der Waals surface area contributed by atoms with E-state index in [1.807, 2.05) is 0 Å². The Labute approximate surface area is 130 Å². The lowest BCUT2D eigenvalue weighted by molar-refractivity contribution is -0.131. The number of carbonyl (C=O) groups is 1. The highest BCUT2D eigenvalue weighted by atomic mass is 16.2. The standard InChI is InChI=1S/C17H33N3O/c1-5-15-17(21)20(16(18-15)11-13(2)3)12-14(4)19-9-7-6-8-10-19/h13-16,18H,5-12H2,1-4H3. The van der Waals surface area contributed by atoms with Crippen molar-refractivity contribution in [2.24, 2.45) is 5.92 Å². The van der Waals surface area contributed by atoms with Gasteiger partial charge in [-0.1, -0.05) is 27.2 Å². The zero-order valence-corrected chi connectivity index (χ0v) is 14.3. The molecule has 0 aliphatic carbocycles. The topological polar surface area (TPSA) is 35.6 Å². The average Bonchev–Trinajstić information content (AvgIpc) is 2.76. The second-order valence-corrected chi connectivity index (χ2v) is 7.21.